The molecule has 19 heavy (non-hydrogen) atoms. The normalized spacial score (nSPS) is 10.4. The number of carbonyl (C=O) groups excluding carboxylic acids is 2. The number of methoxy groups -OCH3 is 1. The molecule has 1 aromatic heterocycles. The number of aromatic nitrogens is 2. The van der Waals surface area contributed by atoms with Crippen LogP contribution in [-0.2, 0) is 9.53 Å². The van der Waals surface area contributed by atoms with E-state index in [1.54, 1.807) is 6.20 Å². The van der Waals surface area contributed by atoms with Crippen molar-refractivity contribution in [3.63, 3.8) is 0 Å². The first-order chi connectivity index (χ1) is 9.19. The Hall–Kier alpha value is -1.89. The molecule has 1 aromatic rings. The highest BCUT2D eigenvalue weighted by molar-refractivity contribution is 7.99. The van der Waals surface area contributed by atoms with Gasteiger partial charge in [0.1, 0.15) is 5.03 Å². The molecule has 0 aliphatic carbocycles. The predicted octanol–water partition coefficient (Wildman–Crippen LogP) is 1.05. The van der Waals surface area contributed by atoms with Gasteiger partial charge < -0.3 is 10.1 Å². The number of nitrogens with one attached hydrogen (secondary N) is 1. The first kappa shape index (κ1) is 15.2. The van der Waals surface area contributed by atoms with Crippen molar-refractivity contribution < 1.29 is 14.3 Å². The van der Waals surface area contributed by atoms with Crippen LogP contribution in [0.5, 0.6) is 0 Å². The lowest BCUT2D eigenvalue weighted by Crippen LogP contribution is -2.25. The van der Waals surface area contributed by atoms with Crippen LogP contribution in [0, 0.1) is 0 Å². The number of rotatable bonds is 6. The lowest BCUT2D eigenvalue weighted by molar-refractivity contribution is -0.134. The molecule has 102 valence electrons. The van der Waals surface area contributed by atoms with E-state index in [-0.39, 0.29) is 12.5 Å². The van der Waals surface area contributed by atoms with Crippen molar-refractivity contribution in [3.05, 3.63) is 30.2 Å². The van der Waals surface area contributed by atoms with Crippen molar-refractivity contribution in [1.29, 1.82) is 0 Å². The summed E-state index contributed by atoms with van der Waals surface area (Å²) in [5.74, 6) is 0.0239. The molecule has 0 unspecified atom stereocenters. The van der Waals surface area contributed by atoms with Gasteiger partial charge in [-0.25, -0.2) is 14.8 Å². The zero-order valence-electron chi connectivity index (χ0n) is 10.8. The molecule has 1 heterocycles. The molecular weight excluding hydrogens is 266 g/mol. The third-order valence-electron chi connectivity index (χ3n) is 2.00. The quantitative estimate of drug-likeness (QED) is 0.477. The van der Waals surface area contributed by atoms with E-state index < -0.39 is 5.97 Å². The third-order valence-corrected chi connectivity index (χ3v) is 2.86. The van der Waals surface area contributed by atoms with E-state index in [1.165, 1.54) is 37.2 Å². The summed E-state index contributed by atoms with van der Waals surface area (Å²) in [6.07, 6.45) is 5.77. The maximum absolute atomic E-state index is 11.9. The Kier molecular flexibility index (Phi) is 6.59. The molecule has 0 saturated heterocycles. The Balaban J connectivity index is 2.58. The number of amides is 1. The fourth-order valence-corrected chi connectivity index (χ4v) is 1.87. The average Bonchev–Trinajstić information content (AvgIpc) is 2.44. The minimum atomic E-state index is -0.462. The summed E-state index contributed by atoms with van der Waals surface area (Å²) >= 11 is 1.45. The van der Waals surface area contributed by atoms with E-state index in [0.29, 0.717) is 10.7 Å². The van der Waals surface area contributed by atoms with Crippen molar-refractivity contribution in [2.45, 2.75) is 11.9 Å². The third kappa shape index (κ3) is 5.09. The molecule has 0 spiro atoms. The summed E-state index contributed by atoms with van der Waals surface area (Å²) in [6.45, 7) is 2.20. The highest BCUT2D eigenvalue weighted by atomic mass is 32.2. The molecule has 0 saturated carbocycles. The second-order valence-corrected chi connectivity index (χ2v) is 4.53. The molecule has 1 N–H and O–H groups in total. The fraction of sp³-hybridized carbons (Fsp3) is 0.333. The summed E-state index contributed by atoms with van der Waals surface area (Å²) in [5.41, 5.74) is 0.292. The second-order valence-electron chi connectivity index (χ2n) is 3.28. The van der Waals surface area contributed by atoms with Crippen molar-refractivity contribution in [1.82, 2.24) is 15.3 Å². The monoisotopic (exact) mass is 281 g/mol. The molecule has 0 aliphatic heterocycles. The molecule has 1 amide bonds. The minimum Gasteiger partial charge on any atom is -0.466 e. The van der Waals surface area contributed by atoms with Crippen LogP contribution < -0.4 is 5.32 Å². The van der Waals surface area contributed by atoms with Gasteiger partial charge in [-0.2, -0.15) is 0 Å². The van der Waals surface area contributed by atoms with Gasteiger partial charge in [0.05, 0.1) is 7.11 Å². The van der Waals surface area contributed by atoms with Crippen LogP contribution in [0.2, 0.25) is 0 Å². The van der Waals surface area contributed by atoms with Gasteiger partial charge in [0, 0.05) is 25.0 Å². The molecular formula is C12H15N3O3S. The van der Waals surface area contributed by atoms with Gasteiger partial charge in [-0.1, -0.05) is 13.0 Å². The van der Waals surface area contributed by atoms with Crippen LogP contribution in [0.1, 0.15) is 17.4 Å². The first-order valence-corrected chi connectivity index (χ1v) is 6.64. The van der Waals surface area contributed by atoms with E-state index >= 15 is 0 Å². The van der Waals surface area contributed by atoms with Gasteiger partial charge in [-0.3, -0.25) is 4.79 Å². The van der Waals surface area contributed by atoms with Gasteiger partial charge in [-0.15, -0.1) is 11.8 Å². The number of ether oxygens (including phenoxy) is 1. The Labute approximate surface area is 115 Å². The van der Waals surface area contributed by atoms with E-state index in [2.05, 4.69) is 20.0 Å². The predicted molar refractivity (Wildman–Crippen MR) is 71.9 cm³/mol. The van der Waals surface area contributed by atoms with Crippen molar-refractivity contribution >= 4 is 23.6 Å². The zero-order chi connectivity index (χ0) is 14.1. The van der Waals surface area contributed by atoms with Gasteiger partial charge >= 0.3 is 5.97 Å². The van der Waals surface area contributed by atoms with Crippen LogP contribution in [0.25, 0.3) is 0 Å². The van der Waals surface area contributed by atoms with Crippen LogP contribution in [0.15, 0.2) is 29.6 Å². The van der Waals surface area contributed by atoms with E-state index in [1.807, 2.05) is 6.92 Å². The summed E-state index contributed by atoms with van der Waals surface area (Å²) in [6, 6.07) is 0. The van der Waals surface area contributed by atoms with Crippen molar-refractivity contribution in [3.8, 4) is 0 Å². The Morgan fingerprint density at radius 2 is 2.16 bits per heavy atom. The van der Waals surface area contributed by atoms with Gasteiger partial charge in [0.25, 0.3) is 5.91 Å². The first-order valence-electron chi connectivity index (χ1n) is 5.65. The molecule has 0 fully saturated rings. The molecule has 0 aromatic carbocycles. The Bertz CT molecular complexity index is 477. The SMILES string of the molecule is CCSc1nccnc1C(=O)NC/C=C/C(=O)OC. The lowest BCUT2D eigenvalue weighted by atomic mass is 10.4. The van der Waals surface area contributed by atoms with Crippen LogP contribution >= 0.6 is 11.8 Å². The summed E-state index contributed by atoms with van der Waals surface area (Å²) in [7, 11) is 1.29. The molecule has 7 heteroatoms. The largest absolute Gasteiger partial charge is 0.466 e. The molecule has 1 rings (SSSR count). The number of nitrogens with zero attached hydrogens (tertiary/aromatic N) is 2. The summed E-state index contributed by atoms with van der Waals surface area (Å²) in [4.78, 5) is 30.8. The van der Waals surface area contributed by atoms with E-state index in [9.17, 15) is 9.59 Å². The van der Waals surface area contributed by atoms with Crippen molar-refractivity contribution in [2.24, 2.45) is 0 Å². The smallest absolute Gasteiger partial charge is 0.330 e. The Morgan fingerprint density at radius 3 is 2.84 bits per heavy atom. The van der Waals surface area contributed by atoms with Crippen LogP contribution in [0.4, 0.5) is 0 Å². The number of thioether (sulfide) groups is 1. The lowest BCUT2D eigenvalue weighted by Gasteiger charge is -2.05. The van der Waals surface area contributed by atoms with Gasteiger partial charge in [-0.05, 0) is 5.75 Å². The number of esters is 1. The topological polar surface area (TPSA) is 81.2 Å². The highest BCUT2D eigenvalue weighted by Crippen LogP contribution is 2.17. The fourth-order valence-electron chi connectivity index (χ4n) is 1.18. The molecule has 6 nitrogen and oxygen atoms in total. The molecule has 0 atom stereocenters. The standard InChI is InChI=1S/C12H15N3O3S/c1-3-19-12-10(13-7-8-15-12)11(17)14-6-4-5-9(16)18-2/h4-5,7-8H,3,6H2,1-2H3,(H,14,17)/b5-4+. The van der Waals surface area contributed by atoms with Crippen LogP contribution in [0.3, 0.4) is 0 Å². The maximum atomic E-state index is 11.9. The second kappa shape index (κ2) is 8.25. The highest BCUT2D eigenvalue weighted by Gasteiger charge is 2.12. The maximum Gasteiger partial charge on any atom is 0.330 e. The minimum absolute atomic E-state index is 0.223. The summed E-state index contributed by atoms with van der Waals surface area (Å²) < 4.78 is 4.43. The van der Waals surface area contributed by atoms with E-state index in [0.717, 1.165) is 5.75 Å². The number of hydrogen-bond donors (Lipinski definition) is 1. The molecule has 0 aliphatic rings. The Morgan fingerprint density at radius 1 is 1.42 bits per heavy atom. The van der Waals surface area contributed by atoms with Crippen LogP contribution in [-0.4, -0.2) is 41.3 Å². The van der Waals surface area contributed by atoms with Crippen molar-refractivity contribution in [2.75, 3.05) is 19.4 Å². The molecule has 0 bridgehead atoms. The zero-order valence-corrected chi connectivity index (χ0v) is 11.6. The van der Waals surface area contributed by atoms with Gasteiger partial charge in [0.2, 0.25) is 0 Å². The molecule has 0 radical (unpaired) electrons. The average molecular weight is 281 g/mol. The summed E-state index contributed by atoms with van der Waals surface area (Å²) in [5, 5.41) is 3.22. The van der Waals surface area contributed by atoms with Gasteiger partial charge in [0.15, 0.2) is 5.69 Å². The number of hydrogen-bond acceptors (Lipinski definition) is 6. The number of carbonyl (C=O) groups is 2. The van der Waals surface area contributed by atoms with E-state index in [4.69, 9.17) is 0 Å².